The van der Waals surface area contributed by atoms with Gasteiger partial charge in [0, 0.05) is 42.5 Å². The molecule has 0 saturated carbocycles. The molecule has 0 bridgehead atoms. The molecule has 37 heavy (non-hydrogen) atoms. The molecule has 2 aromatic carbocycles. The zero-order chi connectivity index (χ0) is 26.5. The van der Waals surface area contributed by atoms with E-state index in [-0.39, 0.29) is 5.56 Å². The van der Waals surface area contributed by atoms with Crippen molar-refractivity contribution >= 4 is 16.6 Å². The number of pyridine rings is 1. The largest absolute Gasteiger partial charge is 0.382 e. The van der Waals surface area contributed by atoms with Crippen LogP contribution in [-0.4, -0.2) is 54.3 Å². The van der Waals surface area contributed by atoms with Crippen molar-refractivity contribution in [3.8, 4) is 22.5 Å². The van der Waals surface area contributed by atoms with Gasteiger partial charge in [-0.2, -0.15) is 0 Å². The summed E-state index contributed by atoms with van der Waals surface area (Å²) in [5.41, 5.74) is 13.1. The van der Waals surface area contributed by atoms with Gasteiger partial charge in [-0.3, -0.25) is 9.18 Å². The Labute approximate surface area is 216 Å². The van der Waals surface area contributed by atoms with E-state index in [9.17, 15) is 9.18 Å². The maximum Gasteiger partial charge on any atom is 0.255 e. The highest BCUT2D eigenvalue weighted by Gasteiger charge is 2.20. The smallest absolute Gasteiger partial charge is 0.255 e. The van der Waals surface area contributed by atoms with E-state index in [1.54, 1.807) is 12.4 Å². The van der Waals surface area contributed by atoms with Crippen molar-refractivity contribution in [3.63, 3.8) is 0 Å². The lowest BCUT2D eigenvalue weighted by molar-refractivity contribution is 0.0850. The van der Waals surface area contributed by atoms with Gasteiger partial charge < -0.3 is 20.4 Å². The van der Waals surface area contributed by atoms with E-state index in [0.29, 0.717) is 30.0 Å². The monoisotopic (exact) mass is 503 g/mol. The van der Waals surface area contributed by atoms with E-state index < -0.39 is 0 Å². The first-order valence-electron chi connectivity index (χ1n) is 12.4. The van der Waals surface area contributed by atoms with Crippen LogP contribution in [0.5, 0.6) is 0 Å². The summed E-state index contributed by atoms with van der Waals surface area (Å²) >= 11 is 0. The molecule has 8 heteroatoms. The molecular formula is C29H34FN5O2. The fraction of sp³-hybridized carbons (Fsp3) is 0.345. The van der Waals surface area contributed by atoms with E-state index in [2.05, 4.69) is 47.2 Å². The lowest BCUT2D eigenvalue weighted by atomic mass is 9.87. The highest BCUT2D eigenvalue weighted by atomic mass is 19.1. The maximum atomic E-state index is 12.2. The molecule has 1 fully saturated rings. The second-order valence-electron chi connectivity index (χ2n) is 9.59. The summed E-state index contributed by atoms with van der Waals surface area (Å²) < 4.78 is 15.1. The molecule has 0 spiro atoms. The zero-order valence-corrected chi connectivity index (χ0v) is 21.8. The molecule has 0 atom stereocenters. The molecule has 3 N–H and O–H groups in total. The average molecular weight is 504 g/mol. The van der Waals surface area contributed by atoms with Gasteiger partial charge in [-0.15, -0.1) is 0 Å². The Balaban J connectivity index is 0.00000156. The van der Waals surface area contributed by atoms with Gasteiger partial charge in [-0.05, 0) is 80.1 Å². The molecule has 4 aromatic rings. The van der Waals surface area contributed by atoms with Crippen LogP contribution in [0.25, 0.3) is 33.3 Å². The lowest BCUT2D eigenvalue weighted by Crippen LogP contribution is -2.18. The predicted molar refractivity (Wildman–Crippen MR) is 147 cm³/mol. The van der Waals surface area contributed by atoms with Crippen molar-refractivity contribution in [2.75, 3.05) is 40.2 Å². The quantitative estimate of drug-likeness (QED) is 0.394. The fourth-order valence-corrected chi connectivity index (χ4v) is 4.94. The third-order valence-electron chi connectivity index (χ3n) is 6.77. The first-order chi connectivity index (χ1) is 17.9. The number of H-pyrrole nitrogens is 1. The number of nitrogens with one attached hydrogen (secondary N) is 1. The van der Waals surface area contributed by atoms with Crippen LogP contribution >= 0.6 is 0 Å². The van der Waals surface area contributed by atoms with Crippen molar-refractivity contribution in [1.82, 2.24) is 19.9 Å². The number of hydrogen-bond acceptors (Lipinski definition) is 6. The summed E-state index contributed by atoms with van der Waals surface area (Å²) in [6.45, 7) is 4.46. The molecule has 7 nitrogen and oxygen atoms in total. The average Bonchev–Trinajstić information content (AvgIpc) is 2.92. The van der Waals surface area contributed by atoms with Crippen LogP contribution in [0, 0.1) is 6.92 Å². The summed E-state index contributed by atoms with van der Waals surface area (Å²) in [6.07, 6.45) is 5.57. The van der Waals surface area contributed by atoms with Crippen molar-refractivity contribution in [2.24, 2.45) is 0 Å². The SMILES string of the molecule is CF.Cc1c[nH]c(=O)c2ccc(-c3nc(-c4ccc(C5CCOCC5)c(CN(C)C)c4)cnc3N)cc12. The van der Waals surface area contributed by atoms with E-state index >= 15 is 0 Å². The minimum atomic E-state index is -0.108. The second kappa shape index (κ2) is 11.6. The second-order valence-corrected chi connectivity index (χ2v) is 9.59. The number of halogens is 1. The van der Waals surface area contributed by atoms with Crippen molar-refractivity contribution in [2.45, 2.75) is 32.2 Å². The maximum absolute atomic E-state index is 12.2. The number of nitrogens with zero attached hydrogens (tertiary/aromatic N) is 3. The third-order valence-corrected chi connectivity index (χ3v) is 6.77. The van der Waals surface area contributed by atoms with Gasteiger partial charge >= 0.3 is 0 Å². The molecule has 1 saturated heterocycles. The van der Waals surface area contributed by atoms with Crippen LogP contribution in [0.4, 0.5) is 10.2 Å². The van der Waals surface area contributed by atoms with E-state index in [0.717, 1.165) is 60.4 Å². The molecule has 1 aliphatic rings. The number of ether oxygens (including phenoxy) is 1. The Hall–Kier alpha value is -3.62. The number of aromatic nitrogens is 3. The number of nitrogens with two attached hydrogens (primary N) is 1. The molecule has 0 unspecified atom stereocenters. The highest BCUT2D eigenvalue weighted by molar-refractivity contribution is 5.89. The first kappa shape index (κ1) is 26.4. The van der Waals surface area contributed by atoms with Gasteiger partial charge in [-0.1, -0.05) is 18.2 Å². The Bertz CT molecular complexity index is 1440. The summed E-state index contributed by atoms with van der Waals surface area (Å²) in [6, 6.07) is 12.3. The summed E-state index contributed by atoms with van der Waals surface area (Å²) in [7, 11) is 4.68. The lowest BCUT2D eigenvalue weighted by Gasteiger charge is -2.26. The standard InChI is InChI=1S/C28H31N5O2.CH3F/c1-17-14-31-28(34)23-7-5-20(13-24(17)23)26-27(29)30-15-25(32-26)19-4-6-22(18-8-10-35-11-9-18)21(12-19)16-33(2)3;1-2/h4-7,12-15,18H,8-11,16H2,1-3H3,(H2,29,30)(H,31,34);1H3. The molecule has 0 radical (unpaired) electrons. The fourth-order valence-electron chi connectivity index (χ4n) is 4.94. The highest BCUT2D eigenvalue weighted by Crippen LogP contribution is 2.34. The number of nitrogen functional groups attached to an aromatic ring is 1. The number of fused-ring (bicyclic) bond motifs is 1. The number of anilines is 1. The predicted octanol–water partition coefficient (Wildman–Crippen LogP) is 5.08. The summed E-state index contributed by atoms with van der Waals surface area (Å²) in [5, 5.41) is 1.53. The number of aromatic amines is 1. The molecule has 2 aromatic heterocycles. The number of rotatable bonds is 5. The van der Waals surface area contributed by atoms with Crippen molar-refractivity contribution in [3.05, 3.63) is 75.8 Å². The van der Waals surface area contributed by atoms with Gasteiger partial charge in [0.2, 0.25) is 0 Å². The Morgan fingerprint density at radius 1 is 1.08 bits per heavy atom. The number of alkyl halides is 1. The normalized spacial score (nSPS) is 14.0. The Morgan fingerprint density at radius 3 is 2.54 bits per heavy atom. The van der Waals surface area contributed by atoms with E-state index in [1.807, 2.05) is 25.1 Å². The summed E-state index contributed by atoms with van der Waals surface area (Å²) in [5.74, 6) is 0.882. The molecular weight excluding hydrogens is 469 g/mol. The van der Waals surface area contributed by atoms with E-state index in [1.165, 1.54) is 11.1 Å². The van der Waals surface area contributed by atoms with Crippen LogP contribution in [0.1, 0.15) is 35.4 Å². The molecule has 0 aliphatic carbocycles. The molecule has 3 heterocycles. The van der Waals surface area contributed by atoms with Gasteiger partial charge in [0.15, 0.2) is 0 Å². The minimum Gasteiger partial charge on any atom is -0.382 e. The third kappa shape index (κ3) is 5.70. The molecule has 1 aliphatic heterocycles. The van der Waals surface area contributed by atoms with Gasteiger partial charge in [-0.25, -0.2) is 9.97 Å². The van der Waals surface area contributed by atoms with Gasteiger partial charge in [0.1, 0.15) is 11.5 Å². The van der Waals surface area contributed by atoms with Crippen LogP contribution in [0.3, 0.4) is 0 Å². The molecule has 194 valence electrons. The summed E-state index contributed by atoms with van der Waals surface area (Å²) in [4.78, 5) is 26.6. The first-order valence-corrected chi connectivity index (χ1v) is 12.4. The Morgan fingerprint density at radius 2 is 1.81 bits per heavy atom. The molecule has 5 rings (SSSR count). The van der Waals surface area contributed by atoms with Gasteiger partial charge in [0.05, 0.1) is 19.1 Å². The van der Waals surface area contributed by atoms with Crippen molar-refractivity contribution in [1.29, 1.82) is 0 Å². The van der Waals surface area contributed by atoms with Crippen molar-refractivity contribution < 1.29 is 9.13 Å². The molecule has 0 amide bonds. The van der Waals surface area contributed by atoms with Crippen LogP contribution in [-0.2, 0) is 11.3 Å². The number of aryl methyl sites for hydroxylation is 1. The van der Waals surface area contributed by atoms with Crippen LogP contribution in [0.2, 0.25) is 0 Å². The van der Waals surface area contributed by atoms with E-state index in [4.69, 9.17) is 15.5 Å². The minimum absolute atomic E-state index is 0.108. The van der Waals surface area contributed by atoms with Gasteiger partial charge in [0.25, 0.3) is 5.56 Å². The number of benzene rings is 2. The zero-order valence-electron chi connectivity index (χ0n) is 21.8. The topological polar surface area (TPSA) is 97.1 Å². The number of hydrogen-bond donors (Lipinski definition) is 2. The van der Waals surface area contributed by atoms with Crippen LogP contribution < -0.4 is 11.3 Å². The van der Waals surface area contributed by atoms with Crippen LogP contribution in [0.15, 0.2) is 53.6 Å². The Kier molecular flexibility index (Phi) is 8.31.